The molecule has 6 heteroatoms. The molecule has 0 aromatic carbocycles. The Morgan fingerprint density at radius 1 is 1.30 bits per heavy atom. The van der Waals surface area contributed by atoms with E-state index in [1.54, 1.807) is 42.4 Å². The molecule has 5 nitrogen and oxygen atoms in total. The molecule has 1 aromatic rings. The van der Waals surface area contributed by atoms with Crippen LogP contribution in [0.15, 0.2) is 22.9 Å². The molecule has 2 rings (SSSR count). The molecule has 0 aliphatic carbocycles. The van der Waals surface area contributed by atoms with Crippen molar-refractivity contribution in [2.75, 3.05) is 27.2 Å². The fraction of sp³-hybridized carbons (Fsp3) is 0.500. The maximum absolute atomic E-state index is 12.3. The summed E-state index contributed by atoms with van der Waals surface area (Å²) in [5.74, 6) is 0.172. The Bertz CT molecular complexity index is 511. The number of pyridine rings is 1. The quantitative estimate of drug-likeness (QED) is 0.825. The number of halogens is 1. The topological polar surface area (TPSA) is 53.5 Å². The Balaban J connectivity index is 1.97. The van der Waals surface area contributed by atoms with Crippen molar-refractivity contribution in [1.29, 1.82) is 0 Å². The highest BCUT2D eigenvalue weighted by molar-refractivity contribution is 9.10. The van der Waals surface area contributed by atoms with Gasteiger partial charge in [0.05, 0.1) is 5.56 Å². The summed E-state index contributed by atoms with van der Waals surface area (Å²) in [5.41, 5.74) is 0.580. The molecule has 0 bridgehead atoms. The third kappa shape index (κ3) is 3.36. The van der Waals surface area contributed by atoms with Crippen molar-refractivity contribution in [1.82, 2.24) is 14.8 Å². The van der Waals surface area contributed by atoms with Gasteiger partial charge in [-0.3, -0.25) is 14.6 Å². The summed E-state index contributed by atoms with van der Waals surface area (Å²) in [5, 5.41) is 0. The molecule has 1 saturated heterocycles. The van der Waals surface area contributed by atoms with E-state index in [-0.39, 0.29) is 17.7 Å². The number of rotatable bonds is 2. The highest BCUT2D eigenvalue weighted by Crippen LogP contribution is 2.21. The Hall–Kier alpha value is -1.43. The predicted octanol–water partition coefficient (Wildman–Crippen LogP) is 1.78. The van der Waals surface area contributed by atoms with Gasteiger partial charge < -0.3 is 9.80 Å². The van der Waals surface area contributed by atoms with Gasteiger partial charge in [0.15, 0.2) is 0 Å². The second kappa shape index (κ2) is 6.35. The zero-order valence-corrected chi connectivity index (χ0v) is 13.3. The number of piperidine rings is 1. The van der Waals surface area contributed by atoms with Crippen molar-refractivity contribution in [3.8, 4) is 0 Å². The van der Waals surface area contributed by atoms with Crippen molar-refractivity contribution < 1.29 is 9.59 Å². The Kier molecular flexibility index (Phi) is 4.75. The van der Waals surface area contributed by atoms with Crippen LogP contribution < -0.4 is 0 Å². The first-order valence-electron chi connectivity index (χ1n) is 6.60. The van der Waals surface area contributed by atoms with E-state index in [2.05, 4.69) is 20.9 Å². The van der Waals surface area contributed by atoms with Crippen molar-refractivity contribution in [3.05, 3.63) is 28.5 Å². The third-order valence-corrected chi connectivity index (χ3v) is 3.96. The lowest BCUT2D eigenvalue weighted by atomic mass is 9.95. The smallest absolute Gasteiger partial charge is 0.255 e. The van der Waals surface area contributed by atoms with Crippen LogP contribution in [0.3, 0.4) is 0 Å². The van der Waals surface area contributed by atoms with Crippen molar-refractivity contribution >= 4 is 27.7 Å². The largest absolute Gasteiger partial charge is 0.349 e. The van der Waals surface area contributed by atoms with Gasteiger partial charge in [0.2, 0.25) is 5.91 Å². The van der Waals surface area contributed by atoms with Crippen LogP contribution in [0.25, 0.3) is 0 Å². The van der Waals surface area contributed by atoms with Crippen LogP contribution in [0.1, 0.15) is 23.2 Å². The van der Waals surface area contributed by atoms with E-state index in [1.165, 1.54) is 0 Å². The molecule has 0 atom stereocenters. The fourth-order valence-corrected chi connectivity index (χ4v) is 2.77. The number of hydrogen-bond acceptors (Lipinski definition) is 3. The third-order valence-electron chi connectivity index (χ3n) is 3.52. The lowest BCUT2D eigenvalue weighted by molar-refractivity contribution is -0.134. The van der Waals surface area contributed by atoms with Crippen molar-refractivity contribution in [2.24, 2.45) is 5.92 Å². The van der Waals surface area contributed by atoms with Crippen LogP contribution in [-0.2, 0) is 4.79 Å². The molecule has 2 heterocycles. The van der Waals surface area contributed by atoms with Gasteiger partial charge in [-0.05, 0) is 34.8 Å². The standard InChI is InChI=1S/C14H18BrN3O2/c1-17(2)13(19)10-3-5-18(6-4-10)14(20)11-7-12(15)9-16-8-11/h7-10H,3-6H2,1-2H3. The van der Waals surface area contributed by atoms with E-state index in [9.17, 15) is 9.59 Å². The van der Waals surface area contributed by atoms with Crippen LogP contribution in [-0.4, -0.2) is 53.8 Å². The minimum absolute atomic E-state index is 0.0189. The first-order valence-corrected chi connectivity index (χ1v) is 7.39. The summed E-state index contributed by atoms with van der Waals surface area (Å²) in [6.07, 6.45) is 4.68. The van der Waals surface area contributed by atoms with E-state index in [0.717, 1.165) is 17.3 Å². The number of hydrogen-bond donors (Lipinski definition) is 0. The lowest BCUT2D eigenvalue weighted by Crippen LogP contribution is -2.42. The number of aromatic nitrogens is 1. The van der Waals surface area contributed by atoms with Crippen LogP contribution >= 0.6 is 15.9 Å². The minimum atomic E-state index is -0.0189. The highest BCUT2D eigenvalue weighted by Gasteiger charge is 2.28. The highest BCUT2D eigenvalue weighted by atomic mass is 79.9. The minimum Gasteiger partial charge on any atom is -0.349 e. The second-order valence-electron chi connectivity index (χ2n) is 5.19. The zero-order valence-electron chi connectivity index (χ0n) is 11.7. The molecule has 0 saturated carbocycles. The van der Waals surface area contributed by atoms with E-state index in [4.69, 9.17) is 0 Å². The first kappa shape index (κ1) is 15.0. The normalized spacial score (nSPS) is 16.1. The molecule has 20 heavy (non-hydrogen) atoms. The first-order chi connectivity index (χ1) is 9.49. The molecule has 0 radical (unpaired) electrons. The summed E-state index contributed by atoms with van der Waals surface area (Å²) in [6.45, 7) is 1.24. The molecule has 0 N–H and O–H groups in total. The second-order valence-corrected chi connectivity index (χ2v) is 6.11. The fourth-order valence-electron chi connectivity index (χ4n) is 2.41. The van der Waals surface area contributed by atoms with Crippen LogP contribution in [0, 0.1) is 5.92 Å². The molecule has 1 aliphatic rings. The zero-order chi connectivity index (χ0) is 14.7. The summed E-state index contributed by atoms with van der Waals surface area (Å²) in [6, 6.07) is 1.77. The molecule has 1 aliphatic heterocycles. The number of amides is 2. The molecule has 0 unspecified atom stereocenters. The number of carbonyl (C=O) groups is 2. The maximum Gasteiger partial charge on any atom is 0.255 e. The molecule has 1 aromatic heterocycles. The van der Waals surface area contributed by atoms with Crippen molar-refractivity contribution in [2.45, 2.75) is 12.8 Å². The molecule has 1 fully saturated rings. The van der Waals surface area contributed by atoms with Crippen molar-refractivity contribution in [3.63, 3.8) is 0 Å². The van der Waals surface area contributed by atoms with Gasteiger partial charge in [0.1, 0.15) is 0 Å². The van der Waals surface area contributed by atoms with Crippen LogP contribution in [0.4, 0.5) is 0 Å². The van der Waals surface area contributed by atoms with E-state index in [1.807, 2.05) is 0 Å². The van der Waals surface area contributed by atoms with Gasteiger partial charge in [-0.1, -0.05) is 0 Å². The Labute approximate surface area is 127 Å². The van der Waals surface area contributed by atoms with Gasteiger partial charge in [-0.25, -0.2) is 0 Å². The average molecular weight is 340 g/mol. The molecule has 2 amide bonds. The summed E-state index contributed by atoms with van der Waals surface area (Å²) in [7, 11) is 3.54. The predicted molar refractivity (Wildman–Crippen MR) is 79.3 cm³/mol. The molecule has 0 spiro atoms. The number of carbonyl (C=O) groups excluding carboxylic acids is 2. The van der Waals surface area contributed by atoms with E-state index in [0.29, 0.717) is 18.7 Å². The Morgan fingerprint density at radius 3 is 2.50 bits per heavy atom. The lowest BCUT2D eigenvalue weighted by Gasteiger charge is -2.32. The van der Waals surface area contributed by atoms with E-state index >= 15 is 0 Å². The monoisotopic (exact) mass is 339 g/mol. The average Bonchev–Trinajstić information content (AvgIpc) is 2.46. The molecular weight excluding hydrogens is 322 g/mol. The van der Waals surface area contributed by atoms with Gasteiger partial charge in [-0.2, -0.15) is 0 Å². The molecular formula is C14H18BrN3O2. The van der Waals surface area contributed by atoms with Gasteiger partial charge >= 0.3 is 0 Å². The van der Waals surface area contributed by atoms with Crippen LogP contribution in [0.2, 0.25) is 0 Å². The summed E-state index contributed by atoms with van der Waals surface area (Å²) >= 11 is 3.32. The van der Waals surface area contributed by atoms with Gasteiger partial charge in [-0.15, -0.1) is 0 Å². The van der Waals surface area contributed by atoms with E-state index < -0.39 is 0 Å². The SMILES string of the molecule is CN(C)C(=O)C1CCN(C(=O)c2cncc(Br)c2)CC1. The summed E-state index contributed by atoms with van der Waals surface area (Å²) < 4.78 is 0.793. The number of nitrogens with zero attached hydrogens (tertiary/aromatic N) is 3. The summed E-state index contributed by atoms with van der Waals surface area (Å²) in [4.78, 5) is 31.7. The van der Waals surface area contributed by atoms with Gasteiger partial charge in [0.25, 0.3) is 5.91 Å². The number of likely N-dealkylation sites (tertiary alicyclic amines) is 1. The molecule has 108 valence electrons. The maximum atomic E-state index is 12.3. The Morgan fingerprint density at radius 2 is 1.95 bits per heavy atom. The van der Waals surface area contributed by atoms with Crippen LogP contribution in [0.5, 0.6) is 0 Å². The van der Waals surface area contributed by atoms with Gasteiger partial charge in [0, 0.05) is 50.0 Å².